The van der Waals surface area contributed by atoms with Crippen molar-refractivity contribution < 1.29 is 4.79 Å². The first kappa shape index (κ1) is 17.0. The Bertz CT molecular complexity index is 1230. The summed E-state index contributed by atoms with van der Waals surface area (Å²) < 4.78 is 1.21. The van der Waals surface area contributed by atoms with Crippen molar-refractivity contribution in [1.29, 1.82) is 0 Å². The zero-order chi connectivity index (χ0) is 19.0. The number of rotatable bonds is 3. The quantitative estimate of drug-likeness (QED) is 0.609. The molecule has 0 saturated heterocycles. The molecule has 1 atom stereocenters. The van der Waals surface area contributed by atoms with Crippen LogP contribution in [0.5, 0.6) is 0 Å². The van der Waals surface area contributed by atoms with Gasteiger partial charge >= 0.3 is 0 Å². The number of fused-ring (bicyclic) bond motifs is 2. The summed E-state index contributed by atoms with van der Waals surface area (Å²) in [7, 11) is 1.55. The lowest BCUT2D eigenvalue weighted by Crippen LogP contribution is -2.31. The molecule has 0 bridgehead atoms. The average molecular weight is 357 g/mol. The molecule has 0 aliphatic carbocycles. The van der Waals surface area contributed by atoms with Crippen molar-refractivity contribution in [3.63, 3.8) is 0 Å². The lowest BCUT2D eigenvalue weighted by molar-refractivity contribution is 0.0934. The van der Waals surface area contributed by atoms with Crippen LogP contribution >= 0.6 is 0 Å². The van der Waals surface area contributed by atoms with Gasteiger partial charge in [0.2, 0.25) is 0 Å². The molecule has 3 aromatic carbocycles. The molecule has 0 aliphatic heterocycles. The van der Waals surface area contributed by atoms with Gasteiger partial charge < -0.3 is 5.32 Å². The highest BCUT2D eigenvalue weighted by atomic mass is 16.2. The molecule has 1 heterocycles. The number of carbonyl (C=O) groups excluding carboxylic acids is 1. The number of hydrogen-bond acceptors (Lipinski definition) is 3. The van der Waals surface area contributed by atoms with Gasteiger partial charge in [0.05, 0.1) is 11.4 Å². The van der Waals surface area contributed by atoms with Crippen LogP contribution in [0.4, 0.5) is 0 Å². The van der Waals surface area contributed by atoms with E-state index in [1.165, 1.54) is 4.68 Å². The fourth-order valence-electron chi connectivity index (χ4n) is 3.29. The van der Waals surface area contributed by atoms with E-state index >= 15 is 0 Å². The van der Waals surface area contributed by atoms with Crippen molar-refractivity contribution in [3.8, 4) is 0 Å². The van der Waals surface area contributed by atoms with Crippen LogP contribution in [0, 0.1) is 0 Å². The number of nitrogens with one attached hydrogen (secondary N) is 1. The van der Waals surface area contributed by atoms with Crippen LogP contribution in [0.2, 0.25) is 0 Å². The molecular weight excluding hydrogens is 338 g/mol. The maximum Gasteiger partial charge on any atom is 0.274 e. The summed E-state index contributed by atoms with van der Waals surface area (Å²) in [6, 6.07) is 21.1. The molecule has 0 fully saturated rings. The van der Waals surface area contributed by atoms with Gasteiger partial charge in [-0.1, -0.05) is 54.6 Å². The number of benzene rings is 3. The number of carbonyl (C=O) groups is 1. The highest BCUT2D eigenvalue weighted by Crippen LogP contribution is 2.21. The Labute approximate surface area is 156 Å². The van der Waals surface area contributed by atoms with Gasteiger partial charge in [0.1, 0.15) is 0 Å². The Morgan fingerprint density at radius 1 is 0.963 bits per heavy atom. The van der Waals surface area contributed by atoms with E-state index in [0.29, 0.717) is 10.8 Å². The monoisotopic (exact) mass is 357 g/mol. The molecule has 0 unspecified atom stereocenters. The molecule has 0 aliphatic rings. The normalized spacial score (nSPS) is 12.2. The Kier molecular flexibility index (Phi) is 4.20. The van der Waals surface area contributed by atoms with E-state index in [1.54, 1.807) is 31.3 Å². The third-order valence-electron chi connectivity index (χ3n) is 4.79. The molecular formula is C22H19N3O2. The molecule has 5 nitrogen and oxygen atoms in total. The lowest BCUT2D eigenvalue weighted by atomic mass is 10.0. The summed E-state index contributed by atoms with van der Waals surface area (Å²) in [5.41, 5.74) is 1.04. The molecule has 0 spiro atoms. The van der Waals surface area contributed by atoms with Crippen LogP contribution in [0.1, 0.15) is 29.0 Å². The van der Waals surface area contributed by atoms with Crippen LogP contribution in [0.3, 0.4) is 0 Å². The summed E-state index contributed by atoms with van der Waals surface area (Å²) in [6.07, 6.45) is 0. The van der Waals surface area contributed by atoms with Crippen LogP contribution in [-0.2, 0) is 7.05 Å². The van der Waals surface area contributed by atoms with Crippen molar-refractivity contribution in [2.75, 3.05) is 0 Å². The topological polar surface area (TPSA) is 64.0 Å². The smallest absolute Gasteiger partial charge is 0.274 e. The fourth-order valence-corrected chi connectivity index (χ4v) is 3.29. The zero-order valence-electron chi connectivity index (χ0n) is 15.1. The Hall–Kier alpha value is -3.47. The summed E-state index contributed by atoms with van der Waals surface area (Å²) >= 11 is 0. The summed E-state index contributed by atoms with van der Waals surface area (Å²) in [5.74, 6) is -0.303. The zero-order valence-corrected chi connectivity index (χ0v) is 15.1. The maximum atomic E-state index is 12.9. The summed E-state index contributed by atoms with van der Waals surface area (Å²) in [4.78, 5) is 25.1. The van der Waals surface area contributed by atoms with E-state index < -0.39 is 0 Å². The minimum atomic E-state index is -0.303. The highest BCUT2D eigenvalue weighted by Gasteiger charge is 2.18. The van der Waals surface area contributed by atoms with Gasteiger partial charge in [-0.25, -0.2) is 4.68 Å². The molecule has 0 saturated carbocycles. The number of aryl methyl sites for hydroxylation is 1. The van der Waals surface area contributed by atoms with Crippen molar-refractivity contribution >= 4 is 27.5 Å². The van der Waals surface area contributed by atoms with E-state index in [0.717, 1.165) is 16.3 Å². The van der Waals surface area contributed by atoms with E-state index in [-0.39, 0.29) is 23.2 Å². The third kappa shape index (κ3) is 3.08. The summed E-state index contributed by atoms with van der Waals surface area (Å²) in [5, 5.41) is 10.5. The first-order valence-corrected chi connectivity index (χ1v) is 8.80. The number of hydrogen-bond donors (Lipinski definition) is 1. The largest absolute Gasteiger partial charge is 0.344 e. The number of aromatic nitrogens is 2. The number of amides is 1. The molecule has 134 valence electrons. The maximum absolute atomic E-state index is 12.9. The SMILES string of the molecule is C[C@H](NC(=O)c1nn(C)c(=O)c2ccccc12)c1ccc2ccccc2c1. The predicted molar refractivity (Wildman–Crippen MR) is 107 cm³/mol. The minimum Gasteiger partial charge on any atom is -0.344 e. The van der Waals surface area contributed by atoms with Gasteiger partial charge in [0.15, 0.2) is 5.69 Å². The molecule has 27 heavy (non-hydrogen) atoms. The van der Waals surface area contributed by atoms with Gasteiger partial charge in [0.25, 0.3) is 11.5 Å². The Morgan fingerprint density at radius 3 is 2.41 bits per heavy atom. The number of nitrogens with zero attached hydrogens (tertiary/aromatic N) is 2. The lowest BCUT2D eigenvalue weighted by Gasteiger charge is -2.16. The van der Waals surface area contributed by atoms with E-state index in [9.17, 15) is 9.59 Å². The van der Waals surface area contributed by atoms with Crippen LogP contribution < -0.4 is 10.9 Å². The second-order valence-corrected chi connectivity index (χ2v) is 6.62. The minimum absolute atomic E-state index is 0.195. The van der Waals surface area contributed by atoms with Crippen molar-refractivity contribution in [2.24, 2.45) is 7.05 Å². The van der Waals surface area contributed by atoms with E-state index in [1.807, 2.05) is 31.2 Å². The predicted octanol–water partition coefficient (Wildman–Crippen LogP) is 3.58. The average Bonchev–Trinajstić information content (AvgIpc) is 2.70. The molecule has 1 N–H and O–H groups in total. The van der Waals surface area contributed by atoms with Gasteiger partial charge in [0, 0.05) is 12.4 Å². The molecule has 4 aromatic rings. The van der Waals surface area contributed by atoms with E-state index in [4.69, 9.17) is 0 Å². The van der Waals surface area contributed by atoms with Crippen molar-refractivity contribution in [1.82, 2.24) is 15.1 Å². The molecule has 0 radical (unpaired) electrons. The van der Waals surface area contributed by atoms with Gasteiger partial charge in [-0.15, -0.1) is 0 Å². The van der Waals surface area contributed by atoms with Crippen LogP contribution in [-0.4, -0.2) is 15.7 Å². The third-order valence-corrected chi connectivity index (χ3v) is 4.79. The van der Waals surface area contributed by atoms with Gasteiger partial charge in [-0.3, -0.25) is 9.59 Å². The molecule has 1 aromatic heterocycles. The first-order chi connectivity index (χ1) is 13.0. The highest BCUT2D eigenvalue weighted by molar-refractivity contribution is 6.04. The summed E-state index contributed by atoms with van der Waals surface area (Å²) in [6.45, 7) is 1.94. The van der Waals surface area contributed by atoms with E-state index in [2.05, 4.69) is 28.6 Å². The van der Waals surface area contributed by atoms with Crippen molar-refractivity contribution in [2.45, 2.75) is 13.0 Å². The Morgan fingerprint density at radius 2 is 1.63 bits per heavy atom. The van der Waals surface area contributed by atoms with Crippen LogP contribution in [0.15, 0.2) is 71.5 Å². The second kappa shape index (κ2) is 6.68. The molecule has 5 heteroatoms. The first-order valence-electron chi connectivity index (χ1n) is 8.80. The Balaban J connectivity index is 1.68. The molecule has 4 rings (SSSR count). The van der Waals surface area contributed by atoms with Crippen LogP contribution in [0.25, 0.3) is 21.5 Å². The van der Waals surface area contributed by atoms with Gasteiger partial charge in [-0.2, -0.15) is 5.10 Å². The van der Waals surface area contributed by atoms with Crippen molar-refractivity contribution in [3.05, 3.63) is 88.3 Å². The van der Waals surface area contributed by atoms with Gasteiger partial charge in [-0.05, 0) is 35.4 Å². The molecule has 1 amide bonds. The fraction of sp³-hybridized carbons (Fsp3) is 0.136. The second-order valence-electron chi connectivity index (χ2n) is 6.62. The standard InChI is InChI=1S/C22H19N3O2/c1-14(16-12-11-15-7-3-4-8-17(15)13-16)23-21(26)20-18-9-5-6-10-19(18)22(27)25(2)24-20/h3-14H,1-2H3,(H,23,26)/t14-/m0/s1.